The highest BCUT2D eigenvalue weighted by Crippen LogP contribution is 2.27. The van der Waals surface area contributed by atoms with Crippen LogP contribution in [-0.2, 0) is 13.0 Å². The molecule has 3 rings (SSSR count). The van der Waals surface area contributed by atoms with Gasteiger partial charge in [-0.2, -0.15) is 0 Å². The quantitative estimate of drug-likeness (QED) is 0.792. The fourth-order valence-corrected chi connectivity index (χ4v) is 3.39. The van der Waals surface area contributed by atoms with Crippen molar-refractivity contribution in [1.82, 2.24) is 9.55 Å². The number of aromatic nitrogens is 2. The van der Waals surface area contributed by atoms with Crippen molar-refractivity contribution in [3.63, 3.8) is 0 Å². The second-order valence-corrected chi connectivity index (χ2v) is 5.94. The lowest BCUT2D eigenvalue weighted by molar-refractivity contribution is 0.629. The lowest BCUT2D eigenvalue weighted by Gasteiger charge is -2.07. The summed E-state index contributed by atoms with van der Waals surface area (Å²) in [6.07, 6.45) is 0.973. The number of benzene rings is 1. The van der Waals surface area contributed by atoms with Gasteiger partial charge >= 0.3 is 0 Å². The van der Waals surface area contributed by atoms with Crippen LogP contribution in [0.15, 0.2) is 23.6 Å². The Bertz CT molecular complexity index is 778. The average Bonchev–Trinajstić information content (AvgIpc) is 2.97. The van der Waals surface area contributed by atoms with Gasteiger partial charge in [-0.25, -0.2) is 9.37 Å². The molecule has 0 saturated heterocycles. The molecule has 0 aliphatic heterocycles. The van der Waals surface area contributed by atoms with E-state index in [0.717, 1.165) is 11.9 Å². The molecule has 0 fully saturated rings. The number of nitrogens with two attached hydrogens (primary N) is 1. The Morgan fingerprint density at radius 3 is 3.00 bits per heavy atom. The van der Waals surface area contributed by atoms with Crippen molar-refractivity contribution in [3.05, 3.63) is 44.9 Å². The summed E-state index contributed by atoms with van der Waals surface area (Å²) >= 11 is 7.54. The smallest absolute Gasteiger partial charge is 0.201 e. The zero-order chi connectivity index (χ0) is 14.3. The van der Waals surface area contributed by atoms with Gasteiger partial charge in [0.25, 0.3) is 0 Å². The van der Waals surface area contributed by atoms with Crippen LogP contribution in [0.25, 0.3) is 11.0 Å². The van der Waals surface area contributed by atoms with Gasteiger partial charge in [0.05, 0.1) is 22.6 Å². The molecule has 0 saturated carbocycles. The van der Waals surface area contributed by atoms with Crippen LogP contribution in [0, 0.1) is 5.82 Å². The lowest BCUT2D eigenvalue weighted by Crippen LogP contribution is -2.04. The van der Waals surface area contributed by atoms with E-state index in [1.54, 1.807) is 17.4 Å². The number of nitrogen functional groups attached to an aromatic ring is 1. The van der Waals surface area contributed by atoms with Crippen molar-refractivity contribution < 1.29 is 4.39 Å². The SMILES string of the molecule is CCc1ccsc1Cn1c(N)nc2cc(F)c(Cl)cc21. The monoisotopic (exact) mass is 309 g/mol. The molecule has 0 aliphatic carbocycles. The normalized spacial score (nSPS) is 11.3. The van der Waals surface area contributed by atoms with E-state index in [2.05, 4.69) is 23.4 Å². The first-order chi connectivity index (χ1) is 9.60. The van der Waals surface area contributed by atoms with Gasteiger partial charge < -0.3 is 10.3 Å². The van der Waals surface area contributed by atoms with Crippen LogP contribution in [0.5, 0.6) is 0 Å². The van der Waals surface area contributed by atoms with E-state index in [1.807, 2.05) is 4.57 Å². The van der Waals surface area contributed by atoms with Gasteiger partial charge in [-0.05, 0) is 29.5 Å². The molecule has 3 aromatic rings. The standard InChI is InChI=1S/C14H13ClFN3S/c1-2-8-3-4-20-13(8)7-19-12-5-9(15)10(16)6-11(12)18-14(19)17/h3-6H,2,7H2,1H3,(H2,17,18). The number of fused-ring (bicyclic) bond motifs is 1. The van der Waals surface area contributed by atoms with Gasteiger partial charge in [0.2, 0.25) is 5.95 Å². The molecule has 2 N–H and O–H groups in total. The summed E-state index contributed by atoms with van der Waals surface area (Å²) in [4.78, 5) is 5.43. The summed E-state index contributed by atoms with van der Waals surface area (Å²) in [5.74, 6) is -0.105. The van der Waals surface area contributed by atoms with E-state index in [1.165, 1.54) is 16.5 Å². The number of thiophene rings is 1. The Labute approximate surface area is 124 Å². The predicted molar refractivity (Wildman–Crippen MR) is 81.9 cm³/mol. The van der Waals surface area contributed by atoms with E-state index < -0.39 is 5.82 Å². The molecule has 0 atom stereocenters. The van der Waals surface area contributed by atoms with Crippen molar-refractivity contribution >= 4 is 39.9 Å². The molecule has 6 heteroatoms. The van der Waals surface area contributed by atoms with Gasteiger partial charge in [0, 0.05) is 10.9 Å². The summed E-state index contributed by atoms with van der Waals surface area (Å²) in [6, 6.07) is 5.01. The molecule has 2 heterocycles. The minimum Gasteiger partial charge on any atom is -0.369 e. The molecule has 0 aliphatic rings. The maximum Gasteiger partial charge on any atom is 0.201 e. The molecule has 20 heavy (non-hydrogen) atoms. The Kier molecular flexibility index (Phi) is 3.40. The number of rotatable bonds is 3. The third kappa shape index (κ3) is 2.17. The minimum atomic E-state index is -0.478. The predicted octanol–water partition coefficient (Wildman–Crippen LogP) is 4.08. The molecular weight excluding hydrogens is 297 g/mol. The largest absolute Gasteiger partial charge is 0.369 e. The maximum atomic E-state index is 13.5. The molecule has 0 unspecified atom stereocenters. The van der Waals surface area contributed by atoms with Crippen molar-refractivity contribution in [2.75, 3.05) is 5.73 Å². The number of halogens is 2. The average molecular weight is 310 g/mol. The number of hydrogen-bond donors (Lipinski definition) is 1. The fraction of sp³-hybridized carbons (Fsp3) is 0.214. The van der Waals surface area contributed by atoms with Crippen LogP contribution in [0.1, 0.15) is 17.4 Å². The third-order valence-corrected chi connectivity index (χ3v) is 4.58. The van der Waals surface area contributed by atoms with Crippen LogP contribution in [0.4, 0.5) is 10.3 Å². The lowest BCUT2D eigenvalue weighted by atomic mass is 10.2. The molecular formula is C14H13ClFN3S. The first-order valence-corrected chi connectivity index (χ1v) is 7.52. The highest BCUT2D eigenvalue weighted by molar-refractivity contribution is 7.10. The number of imidazole rings is 1. The van der Waals surface area contributed by atoms with E-state index >= 15 is 0 Å². The van der Waals surface area contributed by atoms with Gasteiger partial charge in [-0.15, -0.1) is 11.3 Å². The number of nitrogens with zero attached hydrogens (tertiary/aromatic N) is 2. The highest BCUT2D eigenvalue weighted by Gasteiger charge is 2.13. The van der Waals surface area contributed by atoms with Gasteiger partial charge in [-0.1, -0.05) is 18.5 Å². The number of aryl methyl sites for hydroxylation is 1. The Morgan fingerprint density at radius 2 is 2.25 bits per heavy atom. The summed E-state index contributed by atoms with van der Waals surface area (Å²) in [7, 11) is 0. The fourth-order valence-electron chi connectivity index (χ4n) is 2.27. The Hall–Kier alpha value is -1.59. The van der Waals surface area contributed by atoms with Crippen molar-refractivity contribution in [2.45, 2.75) is 19.9 Å². The summed E-state index contributed by atoms with van der Waals surface area (Å²) in [6.45, 7) is 2.75. The second-order valence-electron chi connectivity index (χ2n) is 4.53. The molecule has 0 bridgehead atoms. The Balaban J connectivity index is 2.11. The van der Waals surface area contributed by atoms with Crippen LogP contribution >= 0.6 is 22.9 Å². The van der Waals surface area contributed by atoms with E-state index in [0.29, 0.717) is 18.0 Å². The molecule has 104 valence electrons. The first-order valence-electron chi connectivity index (χ1n) is 6.26. The van der Waals surface area contributed by atoms with Gasteiger partial charge in [-0.3, -0.25) is 0 Å². The molecule has 1 aromatic carbocycles. The van der Waals surface area contributed by atoms with E-state index in [4.69, 9.17) is 17.3 Å². The van der Waals surface area contributed by atoms with Crippen LogP contribution in [-0.4, -0.2) is 9.55 Å². The van der Waals surface area contributed by atoms with E-state index in [9.17, 15) is 4.39 Å². The molecule has 0 amide bonds. The topological polar surface area (TPSA) is 43.8 Å². The zero-order valence-electron chi connectivity index (χ0n) is 10.9. The third-order valence-electron chi connectivity index (χ3n) is 3.34. The second kappa shape index (κ2) is 5.07. The molecule has 3 nitrogen and oxygen atoms in total. The van der Waals surface area contributed by atoms with Crippen LogP contribution < -0.4 is 5.73 Å². The maximum absolute atomic E-state index is 13.5. The highest BCUT2D eigenvalue weighted by atomic mass is 35.5. The molecule has 0 spiro atoms. The number of anilines is 1. The van der Waals surface area contributed by atoms with Crippen molar-refractivity contribution in [1.29, 1.82) is 0 Å². The van der Waals surface area contributed by atoms with E-state index in [-0.39, 0.29) is 5.02 Å². The van der Waals surface area contributed by atoms with Crippen LogP contribution in [0.2, 0.25) is 5.02 Å². The summed E-state index contributed by atoms with van der Waals surface area (Å²) in [5, 5.41) is 2.15. The van der Waals surface area contributed by atoms with Crippen molar-refractivity contribution in [3.8, 4) is 0 Å². The molecule has 2 aromatic heterocycles. The van der Waals surface area contributed by atoms with Gasteiger partial charge in [0.1, 0.15) is 5.82 Å². The number of hydrogen-bond acceptors (Lipinski definition) is 3. The van der Waals surface area contributed by atoms with Crippen molar-refractivity contribution in [2.24, 2.45) is 0 Å². The zero-order valence-corrected chi connectivity index (χ0v) is 12.4. The minimum absolute atomic E-state index is 0.0838. The van der Waals surface area contributed by atoms with Gasteiger partial charge in [0.15, 0.2) is 0 Å². The summed E-state index contributed by atoms with van der Waals surface area (Å²) in [5.41, 5.74) is 8.53. The Morgan fingerprint density at radius 1 is 1.45 bits per heavy atom. The first kappa shape index (κ1) is 13.4. The van der Waals surface area contributed by atoms with Crippen LogP contribution in [0.3, 0.4) is 0 Å². The summed E-state index contributed by atoms with van der Waals surface area (Å²) < 4.78 is 15.3. The molecule has 0 radical (unpaired) electrons.